The molecular formula is C23H20FN3S. The molecule has 0 saturated heterocycles. The van der Waals surface area contributed by atoms with E-state index in [4.69, 9.17) is 0 Å². The van der Waals surface area contributed by atoms with Crippen LogP contribution in [0.4, 0.5) is 4.39 Å². The van der Waals surface area contributed by atoms with Crippen molar-refractivity contribution >= 4 is 11.8 Å². The lowest BCUT2D eigenvalue weighted by atomic mass is 10.2. The SMILES string of the molecule is Cc1ccc(CSc2nnc(-c3ccc(F)cc3)n2-c2ccc(C)cc2)cc1. The zero-order valence-corrected chi connectivity index (χ0v) is 16.6. The molecule has 0 unspecified atom stereocenters. The molecule has 0 spiro atoms. The molecule has 5 heteroatoms. The topological polar surface area (TPSA) is 30.7 Å². The van der Waals surface area contributed by atoms with Crippen LogP contribution >= 0.6 is 11.8 Å². The van der Waals surface area contributed by atoms with Crippen LogP contribution in [0.2, 0.25) is 0 Å². The summed E-state index contributed by atoms with van der Waals surface area (Å²) in [5.41, 5.74) is 5.49. The minimum Gasteiger partial charge on any atom is -0.270 e. The van der Waals surface area contributed by atoms with Gasteiger partial charge in [0.15, 0.2) is 11.0 Å². The van der Waals surface area contributed by atoms with E-state index in [9.17, 15) is 4.39 Å². The molecule has 140 valence electrons. The Morgan fingerprint density at radius 1 is 0.786 bits per heavy atom. The molecular weight excluding hydrogens is 369 g/mol. The molecule has 0 bridgehead atoms. The highest BCUT2D eigenvalue weighted by molar-refractivity contribution is 7.98. The van der Waals surface area contributed by atoms with Gasteiger partial charge in [0, 0.05) is 17.0 Å². The van der Waals surface area contributed by atoms with Gasteiger partial charge in [0.05, 0.1) is 0 Å². The van der Waals surface area contributed by atoms with Crippen LogP contribution in [-0.4, -0.2) is 14.8 Å². The number of thioether (sulfide) groups is 1. The number of benzene rings is 3. The first-order valence-electron chi connectivity index (χ1n) is 9.07. The summed E-state index contributed by atoms with van der Waals surface area (Å²) in [4.78, 5) is 0. The molecule has 0 aliphatic rings. The van der Waals surface area contributed by atoms with Crippen molar-refractivity contribution in [3.63, 3.8) is 0 Å². The summed E-state index contributed by atoms with van der Waals surface area (Å²) in [6, 6.07) is 23.1. The standard InChI is InChI=1S/C23H20FN3S/c1-16-3-7-18(8-4-16)15-28-23-26-25-22(19-9-11-20(24)12-10-19)27(23)21-13-5-17(2)6-14-21/h3-14H,15H2,1-2H3. The second-order valence-corrected chi connectivity index (χ2v) is 7.70. The van der Waals surface area contributed by atoms with Crippen LogP contribution in [0.3, 0.4) is 0 Å². The zero-order chi connectivity index (χ0) is 19.5. The van der Waals surface area contributed by atoms with Gasteiger partial charge in [-0.25, -0.2) is 4.39 Å². The molecule has 0 fully saturated rings. The molecule has 4 rings (SSSR count). The first kappa shape index (κ1) is 18.4. The van der Waals surface area contributed by atoms with Crippen molar-refractivity contribution in [3.8, 4) is 17.1 Å². The molecule has 0 saturated carbocycles. The quantitative estimate of drug-likeness (QED) is 0.393. The van der Waals surface area contributed by atoms with Gasteiger partial charge >= 0.3 is 0 Å². The minimum absolute atomic E-state index is 0.265. The first-order valence-corrected chi connectivity index (χ1v) is 10.1. The second-order valence-electron chi connectivity index (χ2n) is 6.76. The van der Waals surface area contributed by atoms with E-state index in [1.807, 2.05) is 4.57 Å². The Morgan fingerprint density at radius 2 is 1.39 bits per heavy atom. The zero-order valence-electron chi connectivity index (χ0n) is 15.8. The average molecular weight is 389 g/mol. The summed E-state index contributed by atoms with van der Waals surface area (Å²) in [5, 5.41) is 9.65. The molecule has 3 aromatic carbocycles. The molecule has 0 atom stereocenters. The number of halogens is 1. The molecule has 0 radical (unpaired) electrons. The van der Waals surface area contributed by atoms with E-state index in [1.54, 1.807) is 23.9 Å². The Morgan fingerprint density at radius 3 is 2.04 bits per heavy atom. The van der Waals surface area contributed by atoms with Gasteiger partial charge in [-0.05, 0) is 55.8 Å². The third-order valence-corrected chi connectivity index (χ3v) is 5.52. The molecule has 0 aliphatic carbocycles. The summed E-state index contributed by atoms with van der Waals surface area (Å²) in [6.45, 7) is 4.14. The number of rotatable bonds is 5. The molecule has 1 aromatic heterocycles. The normalized spacial score (nSPS) is 11.0. The van der Waals surface area contributed by atoms with Crippen molar-refractivity contribution < 1.29 is 4.39 Å². The van der Waals surface area contributed by atoms with Gasteiger partial charge in [0.25, 0.3) is 0 Å². The van der Waals surface area contributed by atoms with Gasteiger partial charge < -0.3 is 0 Å². The predicted octanol–water partition coefficient (Wildman–Crippen LogP) is 5.98. The lowest BCUT2D eigenvalue weighted by Crippen LogP contribution is -2.00. The van der Waals surface area contributed by atoms with E-state index < -0.39 is 0 Å². The van der Waals surface area contributed by atoms with Crippen LogP contribution in [-0.2, 0) is 5.75 Å². The van der Waals surface area contributed by atoms with E-state index in [-0.39, 0.29) is 5.82 Å². The largest absolute Gasteiger partial charge is 0.270 e. The summed E-state index contributed by atoms with van der Waals surface area (Å²) in [7, 11) is 0. The Hall–Kier alpha value is -2.92. The summed E-state index contributed by atoms with van der Waals surface area (Å²) in [6.07, 6.45) is 0. The van der Waals surface area contributed by atoms with Gasteiger partial charge in [-0.15, -0.1) is 10.2 Å². The maximum absolute atomic E-state index is 13.4. The molecule has 1 heterocycles. The van der Waals surface area contributed by atoms with E-state index in [1.165, 1.54) is 28.8 Å². The Balaban J connectivity index is 1.72. The van der Waals surface area contributed by atoms with E-state index in [0.29, 0.717) is 5.82 Å². The molecule has 0 aliphatic heterocycles. The molecule has 28 heavy (non-hydrogen) atoms. The monoisotopic (exact) mass is 389 g/mol. The average Bonchev–Trinajstić information content (AvgIpc) is 3.13. The number of hydrogen-bond acceptors (Lipinski definition) is 3. The van der Waals surface area contributed by atoms with Gasteiger partial charge in [0.1, 0.15) is 5.82 Å². The van der Waals surface area contributed by atoms with E-state index >= 15 is 0 Å². The van der Waals surface area contributed by atoms with E-state index in [2.05, 4.69) is 72.6 Å². The minimum atomic E-state index is -0.265. The molecule has 3 nitrogen and oxygen atoms in total. The highest BCUT2D eigenvalue weighted by atomic mass is 32.2. The van der Waals surface area contributed by atoms with Crippen molar-refractivity contribution in [3.05, 3.63) is 95.3 Å². The smallest absolute Gasteiger partial charge is 0.196 e. The fourth-order valence-electron chi connectivity index (χ4n) is 2.91. The fraction of sp³-hybridized carbons (Fsp3) is 0.130. The van der Waals surface area contributed by atoms with Crippen LogP contribution in [0, 0.1) is 19.7 Å². The van der Waals surface area contributed by atoms with Gasteiger partial charge in [-0.2, -0.15) is 0 Å². The Labute approximate surface area is 168 Å². The predicted molar refractivity (Wildman–Crippen MR) is 112 cm³/mol. The first-order chi connectivity index (χ1) is 13.6. The van der Waals surface area contributed by atoms with Crippen molar-refractivity contribution in [1.82, 2.24) is 14.8 Å². The maximum atomic E-state index is 13.4. The van der Waals surface area contributed by atoms with Crippen LogP contribution in [0.1, 0.15) is 16.7 Å². The lowest BCUT2D eigenvalue weighted by Gasteiger charge is -2.11. The van der Waals surface area contributed by atoms with Gasteiger partial charge in [-0.1, -0.05) is 59.3 Å². The third-order valence-electron chi connectivity index (χ3n) is 4.52. The summed E-state index contributed by atoms with van der Waals surface area (Å²) >= 11 is 1.64. The Bertz CT molecular complexity index is 1070. The highest BCUT2D eigenvalue weighted by Crippen LogP contribution is 2.30. The lowest BCUT2D eigenvalue weighted by molar-refractivity contribution is 0.628. The summed E-state index contributed by atoms with van der Waals surface area (Å²) < 4.78 is 15.4. The molecule has 4 aromatic rings. The fourth-order valence-corrected chi connectivity index (χ4v) is 3.82. The van der Waals surface area contributed by atoms with Crippen molar-refractivity contribution in [2.45, 2.75) is 24.8 Å². The van der Waals surface area contributed by atoms with Gasteiger partial charge in [0.2, 0.25) is 0 Å². The Kier molecular flexibility index (Phi) is 5.26. The van der Waals surface area contributed by atoms with Crippen molar-refractivity contribution in [2.24, 2.45) is 0 Å². The molecule has 0 amide bonds. The summed E-state index contributed by atoms with van der Waals surface area (Å²) in [5.74, 6) is 1.24. The van der Waals surface area contributed by atoms with Crippen molar-refractivity contribution in [2.75, 3.05) is 0 Å². The van der Waals surface area contributed by atoms with Crippen LogP contribution < -0.4 is 0 Å². The number of nitrogens with zero attached hydrogens (tertiary/aromatic N) is 3. The molecule has 0 N–H and O–H groups in total. The third kappa shape index (κ3) is 3.99. The number of hydrogen-bond donors (Lipinski definition) is 0. The second kappa shape index (κ2) is 7.98. The number of aromatic nitrogens is 3. The number of aryl methyl sites for hydroxylation is 2. The van der Waals surface area contributed by atoms with Crippen LogP contribution in [0.25, 0.3) is 17.1 Å². The van der Waals surface area contributed by atoms with Crippen molar-refractivity contribution in [1.29, 1.82) is 0 Å². The van der Waals surface area contributed by atoms with E-state index in [0.717, 1.165) is 22.2 Å². The maximum Gasteiger partial charge on any atom is 0.196 e. The van der Waals surface area contributed by atoms with Gasteiger partial charge in [-0.3, -0.25) is 4.57 Å². The highest BCUT2D eigenvalue weighted by Gasteiger charge is 2.16. The van der Waals surface area contributed by atoms with Crippen LogP contribution in [0.5, 0.6) is 0 Å². The van der Waals surface area contributed by atoms with Crippen LogP contribution in [0.15, 0.2) is 78.0 Å².